The van der Waals surface area contributed by atoms with Gasteiger partial charge in [-0.2, -0.15) is 8.42 Å². The lowest BCUT2D eigenvalue weighted by Gasteiger charge is -2.11. The van der Waals surface area contributed by atoms with Crippen LogP contribution in [0.15, 0.2) is 45.6 Å². The van der Waals surface area contributed by atoms with Crippen molar-refractivity contribution in [2.45, 2.75) is 6.42 Å². The maximum absolute atomic E-state index is 12.2. The summed E-state index contributed by atoms with van der Waals surface area (Å²) in [5, 5.41) is 11.0. The summed E-state index contributed by atoms with van der Waals surface area (Å²) in [4.78, 5) is 12.1. The molecule has 1 aliphatic heterocycles. The van der Waals surface area contributed by atoms with Crippen LogP contribution in [0.4, 0.5) is 0 Å². The van der Waals surface area contributed by atoms with Crippen LogP contribution in [0, 0.1) is 5.92 Å². The van der Waals surface area contributed by atoms with E-state index in [4.69, 9.17) is 13.3 Å². The van der Waals surface area contributed by atoms with E-state index in [-0.39, 0.29) is 34.1 Å². The van der Waals surface area contributed by atoms with Crippen molar-refractivity contribution >= 4 is 31.9 Å². The van der Waals surface area contributed by atoms with Crippen molar-refractivity contribution in [3.8, 4) is 11.5 Å². The summed E-state index contributed by atoms with van der Waals surface area (Å²) in [6.07, 6.45) is 0.689. The maximum Gasteiger partial charge on any atom is 0.344 e. The second-order valence-corrected chi connectivity index (χ2v) is 7.93. The Balaban J connectivity index is 1.70. The quantitative estimate of drug-likeness (QED) is 0.424. The Morgan fingerprint density at radius 3 is 2.69 bits per heavy atom. The molecule has 0 radical (unpaired) electrons. The molecule has 0 amide bonds. The molecular weight excluding hydrogens is 360 g/mol. The molecule has 1 saturated heterocycles. The van der Waals surface area contributed by atoms with Crippen LogP contribution in [-0.2, 0) is 14.9 Å². The number of fused-ring (bicyclic) bond motifs is 3. The van der Waals surface area contributed by atoms with Gasteiger partial charge in [0.2, 0.25) is 0 Å². The summed E-state index contributed by atoms with van der Waals surface area (Å²) in [6, 6.07) is 8.93. The first-order chi connectivity index (χ1) is 12.4. The molecule has 1 aromatic heterocycles. The van der Waals surface area contributed by atoms with E-state index in [1.165, 1.54) is 24.3 Å². The maximum atomic E-state index is 12.2. The van der Waals surface area contributed by atoms with Gasteiger partial charge in [0, 0.05) is 29.4 Å². The Bertz CT molecular complexity index is 1140. The monoisotopic (exact) mass is 376 g/mol. The predicted molar refractivity (Wildman–Crippen MR) is 95.0 cm³/mol. The highest BCUT2D eigenvalue weighted by Crippen LogP contribution is 2.29. The van der Waals surface area contributed by atoms with Crippen LogP contribution in [-0.4, -0.2) is 32.5 Å². The molecule has 3 aromatic rings. The van der Waals surface area contributed by atoms with Crippen molar-refractivity contribution in [2.75, 3.05) is 19.0 Å². The van der Waals surface area contributed by atoms with Crippen molar-refractivity contribution in [3.05, 3.63) is 46.8 Å². The predicted octanol–water partition coefficient (Wildman–Crippen LogP) is 2.40. The SMILES string of the molecule is O=c1oc2cc(OS(=O)(=O)CC3CCOC3)ccc2c2ccc(O)cc12. The lowest BCUT2D eigenvalue weighted by Crippen LogP contribution is -2.21. The van der Waals surface area contributed by atoms with E-state index in [1.54, 1.807) is 12.1 Å². The molecule has 0 saturated carbocycles. The summed E-state index contributed by atoms with van der Waals surface area (Å²) in [7, 11) is -3.78. The number of aromatic hydroxyl groups is 1. The zero-order chi connectivity index (χ0) is 18.3. The van der Waals surface area contributed by atoms with Gasteiger partial charge in [-0.15, -0.1) is 0 Å². The van der Waals surface area contributed by atoms with Gasteiger partial charge in [-0.1, -0.05) is 0 Å². The minimum Gasteiger partial charge on any atom is -0.508 e. The van der Waals surface area contributed by atoms with E-state index in [1.807, 2.05) is 0 Å². The van der Waals surface area contributed by atoms with Crippen molar-refractivity contribution < 1.29 is 26.9 Å². The molecule has 8 heteroatoms. The first-order valence-corrected chi connectivity index (χ1v) is 9.68. The van der Waals surface area contributed by atoms with Gasteiger partial charge in [0.25, 0.3) is 0 Å². The molecule has 1 unspecified atom stereocenters. The molecule has 1 fully saturated rings. The number of hydrogen-bond donors (Lipinski definition) is 1. The fraction of sp³-hybridized carbons (Fsp3) is 0.278. The third kappa shape index (κ3) is 3.25. The summed E-state index contributed by atoms with van der Waals surface area (Å²) in [5.74, 6) is -0.148. The molecule has 1 atom stereocenters. The van der Waals surface area contributed by atoms with Gasteiger partial charge in [0.1, 0.15) is 17.1 Å². The Morgan fingerprint density at radius 2 is 1.92 bits per heavy atom. The number of ether oxygens (including phenoxy) is 1. The van der Waals surface area contributed by atoms with Crippen LogP contribution >= 0.6 is 0 Å². The smallest absolute Gasteiger partial charge is 0.344 e. The minimum atomic E-state index is -3.78. The lowest BCUT2D eigenvalue weighted by atomic mass is 10.1. The highest BCUT2D eigenvalue weighted by molar-refractivity contribution is 7.87. The van der Waals surface area contributed by atoms with Gasteiger partial charge >= 0.3 is 15.7 Å². The molecular formula is C18H16O7S. The van der Waals surface area contributed by atoms with Gasteiger partial charge < -0.3 is 18.4 Å². The van der Waals surface area contributed by atoms with Crippen molar-refractivity contribution in [3.63, 3.8) is 0 Å². The molecule has 4 rings (SSSR count). The molecule has 26 heavy (non-hydrogen) atoms. The Hall–Kier alpha value is -2.58. The second-order valence-electron chi connectivity index (χ2n) is 6.31. The van der Waals surface area contributed by atoms with E-state index in [2.05, 4.69) is 0 Å². The van der Waals surface area contributed by atoms with Crippen molar-refractivity contribution in [1.82, 2.24) is 0 Å². The topological polar surface area (TPSA) is 103 Å². The largest absolute Gasteiger partial charge is 0.508 e. The average molecular weight is 376 g/mol. The lowest BCUT2D eigenvalue weighted by molar-refractivity contribution is 0.188. The van der Waals surface area contributed by atoms with E-state index in [9.17, 15) is 18.3 Å². The van der Waals surface area contributed by atoms with Crippen molar-refractivity contribution in [1.29, 1.82) is 0 Å². The van der Waals surface area contributed by atoms with E-state index in [0.29, 0.717) is 30.4 Å². The van der Waals surface area contributed by atoms with E-state index < -0.39 is 15.7 Å². The molecule has 136 valence electrons. The van der Waals surface area contributed by atoms with Gasteiger partial charge in [0.15, 0.2) is 0 Å². The molecule has 1 aliphatic rings. The second kappa shape index (κ2) is 6.30. The number of phenolic OH excluding ortho intramolecular Hbond substituents is 1. The van der Waals surface area contributed by atoms with Crippen LogP contribution < -0.4 is 9.81 Å². The summed E-state index contributed by atoms with van der Waals surface area (Å²) in [5.41, 5.74) is -0.406. The third-order valence-corrected chi connectivity index (χ3v) is 5.68. The van der Waals surface area contributed by atoms with Crippen LogP contribution in [0.1, 0.15) is 6.42 Å². The van der Waals surface area contributed by atoms with Gasteiger partial charge in [-0.25, -0.2) is 4.79 Å². The summed E-state index contributed by atoms with van der Waals surface area (Å²) < 4.78 is 40.0. The Labute approximate surface area is 148 Å². The molecule has 2 heterocycles. The standard InChI is InChI=1S/C18H16O7S/c19-12-1-3-14-15-4-2-13(8-17(15)24-18(20)16(14)7-12)25-26(21,22)10-11-5-6-23-9-11/h1-4,7-8,11,19H,5-6,9-10H2. The van der Waals surface area contributed by atoms with Crippen LogP contribution in [0.5, 0.6) is 11.5 Å². The molecule has 7 nitrogen and oxygen atoms in total. The highest BCUT2D eigenvalue weighted by atomic mass is 32.2. The zero-order valence-electron chi connectivity index (χ0n) is 13.7. The van der Waals surface area contributed by atoms with Crippen LogP contribution in [0.2, 0.25) is 0 Å². The van der Waals surface area contributed by atoms with E-state index in [0.717, 1.165) is 0 Å². The fourth-order valence-electron chi connectivity index (χ4n) is 3.14. The van der Waals surface area contributed by atoms with Crippen molar-refractivity contribution in [2.24, 2.45) is 5.92 Å². The van der Waals surface area contributed by atoms with Gasteiger partial charge in [-0.3, -0.25) is 0 Å². The molecule has 0 spiro atoms. The van der Waals surface area contributed by atoms with Gasteiger partial charge in [0.05, 0.1) is 17.7 Å². The third-order valence-electron chi connectivity index (χ3n) is 4.36. The number of benzene rings is 2. The molecule has 1 N–H and O–H groups in total. The van der Waals surface area contributed by atoms with Crippen LogP contribution in [0.3, 0.4) is 0 Å². The first-order valence-electron chi connectivity index (χ1n) is 8.11. The summed E-state index contributed by atoms with van der Waals surface area (Å²) >= 11 is 0. The Kier molecular flexibility index (Phi) is 4.08. The fourth-order valence-corrected chi connectivity index (χ4v) is 4.44. The molecule has 0 aliphatic carbocycles. The first kappa shape index (κ1) is 16.9. The molecule has 0 bridgehead atoms. The minimum absolute atomic E-state index is 0.0360. The number of rotatable bonds is 4. The van der Waals surface area contributed by atoms with Gasteiger partial charge in [-0.05, 0) is 36.8 Å². The average Bonchev–Trinajstić information content (AvgIpc) is 3.06. The zero-order valence-corrected chi connectivity index (χ0v) is 14.5. The van der Waals surface area contributed by atoms with E-state index >= 15 is 0 Å². The number of phenols is 1. The molecule has 2 aromatic carbocycles. The van der Waals surface area contributed by atoms with Crippen LogP contribution in [0.25, 0.3) is 21.7 Å². The number of hydrogen-bond acceptors (Lipinski definition) is 7. The normalized spacial score (nSPS) is 17.8. The Morgan fingerprint density at radius 1 is 1.12 bits per heavy atom. The summed E-state index contributed by atoms with van der Waals surface area (Å²) in [6.45, 7) is 0.970. The highest BCUT2D eigenvalue weighted by Gasteiger charge is 2.25.